The Labute approximate surface area is 125 Å². The first-order valence-electron chi connectivity index (χ1n) is 7.25. The summed E-state index contributed by atoms with van der Waals surface area (Å²) in [6.45, 7) is 1.83. The maximum absolute atomic E-state index is 5.30. The van der Waals surface area contributed by atoms with Crippen LogP contribution >= 0.6 is 0 Å². The molecule has 0 aliphatic rings. The third-order valence-electron chi connectivity index (χ3n) is 3.72. The van der Waals surface area contributed by atoms with E-state index < -0.39 is 0 Å². The second kappa shape index (κ2) is 6.46. The van der Waals surface area contributed by atoms with Crippen LogP contribution in [0.3, 0.4) is 0 Å². The Morgan fingerprint density at radius 2 is 1.95 bits per heavy atom. The lowest BCUT2D eigenvalue weighted by atomic mass is 10.1. The van der Waals surface area contributed by atoms with Crippen LogP contribution in [0.5, 0.6) is 5.75 Å². The number of fused-ring (bicyclic) bond motifs is 1. The molecule has 0 fully saturated rings. The summed E-state index contributed by atoms with van der Waals surface area (Å²) < 4.78 is 5.30. The van der Waals surface area contributed by atoms with Crippen molar-refractivity contribution in [1.82, 2.24) is 10.3 Å². The first-order chi connectivity index (χ1) is 10.4. The molecular formula is C18H20N2O. The smallest absolute Gasteiger partial charge is 0.119 e. The molecule has 3 nitrogen and oxygen atoms in total. The van der Waals surface area contributed by atoms with Crippen molar-refractivity contribution in [3.63, 3.8) is 0 Å². The number of H-pyrrole nitrogens is 1. The molecule has 0 aliphatic heterocycles. The van der Waals surface area contributed by atoms with E-state index >= 15 is 0 Å². The molecule has 0 unspecified atom stereocenters. The van der Waals surface area contributed by atoms with Crippen LogP contribution in [-0.4, -0.2) is 18.6 Å². The first kappa shape index (κ1) is 13.7. The van der Waals surface area contributed by atoms with E-state index in [4.69, 9.17) is 4.74 Å². The normalized spacial score (nSPS) is 10.9. The number of hydrogen-bond acceptors (Lipinski definition) is 2. The minimum Gasteiger partial charge on any atom is -0.497 e. The van der Waals surface area contributed by atoms with E-state index in [1.165, 1.54) is 16.5 Å². The van der Waals surface area contributed by atoms with Crippen molar-refractivity contribution >= 4 is 10.9 Å². The largest absolute Gasteiger partial charge is 0.497 e. The van der Waals surface area contributed by atoms with Crippen LogP contribution in [0.25, 0.3) is 10.9 Å². The summed E-state index contributed by atoms with van der Waals surface area (Å²) in [7, 11) is 1.70. The molecule has 0 saturated heterocycles. The highest BCUT2D eigenvalue weighted by atomic mass is 16.5. The van der Waals surface area contributed by atoms with Gasteiger partial charge in [0, 0.05) is 23.6 Å². The van der Waals surface area contributed by atoms with Gasteiger partial charge in [0.1, 0.15) is 5.75 Å². The number of methoxy groups -OCH3 is 1. The molecule has 0 spiro atoms. The summed E-state index contributed by atoms with van der Waals surface area (Å²) in [6, 6.07) is 16.7. The second-order valence-corrected chi connectivity index (χ2v) is 5.14. The van der Waals surface area contributed by atoms with Crippen molar-refractivity contribution in [2.45, 2.75) is 13.0 Å². The molecule has 3 heteroatoms. The third-order valence-corrected chi connectivity index (χ3v) is 3.72. The van der Waals surface area contributed by atoms with Gasteiger partial charge in [0.2, 0.25) is 0 Å². The zero-order valence-electron chi connectivity index (χ0n) is 12.2. The lowest BCUT2D eigenvalue weighted by molar-refractivity contribution is 0.415. The average Bonchev–Trinajstić information content (AvgIpc) is 2.95. The van der Waals surface area contributed by atoms with Gasteiger partial charge >= 0.3 is 0 Å². The van der Waals surface area contributed by atoms with Crippen LogP contribution < -0.4 is 10.1 Å². The monoisotopic (exact) mass is 280 g/mol. The van der Waals surface area contributed by atoms with Crippen molar-refractivity contribution in [1.29, 1.82) is 0 Å². The Balaban J connectivity index is 1.60. The van der Waals surface area contributed by atoms with Crippen LogP contribution in [-0.2, 0) is 13.0 Å². The summed E-state index contributed by atoms with van der Waals surface area (Å²) in [6.07, 6.45) is 3.12. The Morgan fingerprint density at radius 3 is 2.76 bits per heavy atom. The number of aromatic nitrogens is 1. The van der Waals surface area contributed by atoms with Crippen LogP contribution in [0.2, 0.25) is 0 Å². The summed E-state index contributed by atoms with van der Waals surface area (Å²) >= 11 is 0. The van der Waals surface area contributed by atoms with Gasteiger partial charge in [0.05, 0.1) is 7.11 Å². The fourth-order valence-electron chi connectivity index (χ4n) is 2.53. The van der Waals surface area contributed by atoms with Gasteiger partial charge in [-0.3, -0.25) is 0 Å². The van der Waals surface area contributed by atoms with Crippen molar-refractivity contribution in [3.8, 4) is 5.75 Å². The molecule has 1 aromatic heterocycles. The minimum atomic E-state index is 0.861. The molecule has 1 heterocycles. The molecule has 3 aromatic rings. The van der Waals surface area contributed by atoms with Crippen molar-refractivity contribution in [2.24, 2.45) is 0 Å². The van der Waals surface area contributed by atoms with Gasteiger partial charge in [-0.1, -0.05) is 30.3 Å². The lowest BCUT2D eigenvalue weighted by Crippen LogP contribution is -2.16. The zero-order valence-corrected chi connectivity index (χ0v) is 12.2. The van der Waals surface area contributed by atoms with E-state index in [2.05, 4.69) is 59.0 Å². The van der Waals surface area contributed by atoms with Gasteiger partial charge in [-0.25, -0.2) is 0 Å². The molecule has 108 valence electrons. The molecule has 2 aromatic carbocycles. The van der Waals surface area contributed by atoms with Gasteiger partial charge < -0.3 is 15.0 Å². The summed E-state index contributed by atoms with van der Waals surface area (Å²) in [4.78, 5) is 3.30. The first-order valence-corrected chi connectivity index (χ1v) is 7.25. The summed E-state index contributed by atoms with van der Waals surface area (Å²) in [5.41, 5.74) is 3.79. The van der Waals surface area contributed by atoms with E-state index in [1.807, 2.05) is 6.07 Å². The highest BCUT2D eigenvalue weighted by molar-refractivity contribution is 5.84. The molecule has 21 heavy (non-hydrogen) atoms. The van der Waals surface area contributed by atoms with Gasteiger partial charge in [0.25, 0.3) is 0 Å². The third kappa shape index (κ3) is 3.26. The Kier molecular flexibility index (Phi) is 4.22. The number of hydrogen-bond donors (Lipinski definition) is 2. The quantitative estimate of drug-likeness (QED) is 0.678. The van der Waals surface area contributed by atoms with Crippen LogP contribution in [0.15, 0.2) is 54.7 Å². The SMILES string of the molecule is COc1ccc2[nH]cc(CNCCc3ccccc3)c2c1. The maximum atomic E-state index is 5.30. The van der Waals surface area contributed by atoms with E-state index in [0.29, 0.717) is 0 Å². The molecule has 0 atom stereocenters. The Bertz CT molecular complexity index is 704. The number of ether oxygens (including phenoxy) is 1. The van der Waals surface area contributed by atoms with Gasteiger partial charge in [-0.15, -0.1) is 0 Å². The maximum Gasteiger partial charge on any atom is 0.119 e. The standard InChI is InChI=1S/C18H20N2O/c1-21-16-7-8-18-17(11-16)15(13-20-18)12-19-10-9-14-5-3-2-4-6-14/h2-8,11,13,19-20H,9-10,12H2,1H3. The van der Waals surface area contributed by atoms with E-state index in [-0.39, 0.29) is 0 Å². The van der Waals surface area contributed by atoms with Crippen molar-refractivity contribution < 1.29 is 4.74 Å². The molecular weight excluding hydrogens is 260 g/mol. The van der Waals surface area contributed by atoms with Crippen LogP contribution in [0, 0.1) is 0 Å². The highest BCUT2D eigenvalue weighted by Gasteiger charge is 2.04. The second-order valence-electron chi connectivity index (χ2n) is 5.14. The number of aromatic amines is 1. The van der Waals surface area contributed by atoms with E-state index in [9.17, 15) is 0 Å². The van der Waals surface area contributed by atoms with Gasteiger partial charge in [0.15, 0.2) is 0 Å². The molecule has 0 amide bonds. The molecule has 2 N–H and O–H groups in total. The summed E-state index contributed by atoms with van der Waals surface area (Å²) in [5.74, 6) is 0.896. The topological polar surface area (TPSA) is 37.0 Å². The fraction of sp³-hybridized carbons (Fsp3) is 0.222. The lowest BCUT2D eigenvalue weighted by Gasteiger charge is -2.05. The van der Waals surface area contributed by atoms with E-state index in [1.54, 1.807) is 7.11 Å². The molecule has 0 bridgehead atoms. The van der Waals surface area contributed by atoms with Crippen molar-refractivity contribution in [3.05, 3.63) is 65.9 Å². The summed E-state index contributed by atoms with van der Waals surface area (Å²) in [5, 5.41) is 4.73. The highest BCUT2D eigenvalue weighted by Crippen LogP contribution is 2.23. The molecule has 3 rings (SSSR count). The van der Waals surface area contributed by atoms with E-state index in [0.717, 1.165) is 30.8 Å². The predicted molar refractivity (Wildman–Crippen MR) is 86.7 cm³/mol. The van der Waals surface area contributed by atoms with Gasteiger partial charge in [-0.2, -0.15) is 0 Å². The number of benzene rings is 2. The minimum absolute atomic E-state index is 0.861. The average molecular weight is 280 g/mol. The Hall–Kier alpha value is -2.26. The van der Waals surface area contributed by atoms with Crippen molar-refractivity contribution in [2.75, 3.05) is 13.7 Å². The number of rotatable bonds is 6. The predicted octanol–water partition coefficient (Wildman–Crippen LogP) is 3.51. The molecule has 0 radical (unpaired) electrons. The number of nitrogens with one attached hydrogen (secondary N) is 2. The van der Waals surface area contributed by atoms with Gasteiger partial charge in [-0.05, 0) is 42.3 Å². The molecule has 0 aliphatic carbocycles. The zero-order chi connectivity index (χ0) is 14.5. The molecule has 0 saturated carbocycles. The van der Waals surface area contributed by atoms with Crippen LogP contribution in [0.1, 0.15) is 11.1 Å². The Morgan fingerprint density at radius 1 is 1.10 bits per heavy atom. The fourth-order valence-corrected chi connectivity index (χ4v) is 2.53. The van der Waals surface area contributed by atoms with Crippen LogP contribution in [0.4, 0.5) is 0 Å².